The number of aliphatic carboxylic acids is 1. The molecule has 122 valence electrons. The van der Waals surface area contributed by atoms with Gasteiger partial charge in [0.15, 0.2) is 5.17 Å². The highest BCUT2D eigenvalue weighted by Gasteiger charge is 2.32. The van der Waals surface area contributed by atoms with E-state index in [2.05, 4.69) is 20.3 Å². The molecule has 1 saturated heterocycles. The Hall–Kier alpha value is -2.49. The third-order valence-corrected chi connectivity index (χ3v) is 3.69. The van der Waals surface area contributed by atoms with Crippen LogP contribution in [0.2, 0.25) is 0 Å². The molecule has 0 saturated carbocycles. The maximum Gasteiger partial charge on any atom is 0.387 e. The molecular weight excluding hydrogens is 332 g/mol. The molecule has 1 aliphatic heterocycles. The molecule has 0 bridgehead atoms. The predicted octanol–water partition coefficient (Wildman–Crippen LogP) is 1.68. The highest BCUT2D eigenvalue weighted by molar-refractivity contribution is 8.15. The van der Waals surface area contributed by atoms with E-state index in [1.165, 1.54) is 24.4 Å². The Kier molecular flexibility index (Phi) is 5.63. The molecule has 1 unspecified atom stereocenters. The van der Waals surface area contributed by atoms with E-state index < -0.39 is 23.7 Å². The maximum absolute atomic E-state index is 12.3. The summed E-state index contributed by atoms with van der Waals surface area (Å²) in [5.74, 6) is -1.62. The van der Waals surface area contributed by atoms with Crippen molar-refractivity contribution in [3.63, 3.8) is 0 Å². The molecule has 1 aromatic carbocycles. The molecule has 0 spiro atoms. The molecule has 1 atom stereocenters. The Bertz CT molecular complexity index is 666. The lowest BCUT2D eigenvalue weighted by molar-refractivity contribution is -0.138. The van der Waals surface area contributed by atoms with Gasteiger partial charge < -0.3 is 15.2 Å². The number of carbonyl (C=O) groups is 2. The van der Waals surface area contributed by atoms with Crippen LogP contribution in [-0.4, -0.2) is 40.2 Å². The normalized spacial score (nSPS) is 19.5. The number of para-hydroxylation sites is 1. The minimum absolute atomic E-state index is 0.0571. The van der Waals surface area contributed by atoms with E-state index in [9.17, 15) is 18.4 Å². The summed E-state index contributed by atoms with van der Waals surface area (Å²) in [5.41, 5.74) is 0.286. The van der Waals surface area contributed by atoms with Crippen LogP contribution in [-0.2, 0) is 9.59 Å². The zero-order valence-corrected chi connectivity index (χ0v) is 12.3. The topological polar surface area (TPSA) is 100 Å². The van der Waals surface area contributed by atoms with Gasteiger partial charge in [-0.15, -0.1) is 5.10 Å². The van der Waals surface area contributed by atoms with Crippen molar-refractivity contribution in [3.05, 3.63) is 29.8 Å². The molecule has 23 heavy (non-hydrogen) atoms. The molecule has 2 rings (SSSR count). The monoisotopic (exact) mass is 343 g/mol. The Morgan fingerprint density at radius 3 is 2.91 bits per heavy atom. The fourth-order valence-electron chi connectivity index (χ4n) is 1.68. The summed E-state index contributed by atoms with van der Waals surface area (Å²) in [7, 11) is 0. The summed E-state index contributed by atoms with van der Waals surface area (Å²) in [4.78, 5) is 22.1. The first-order valence-electron chi connectivity index (χ1n) is 6.30. The van der Waals surface area contributed by atoms with Crippen molar-refractivity contribution >= 4 is 35.0 Å². The summed E-state index contributed by atoms with van der Waals surface area (Å²) < 4.78 is 28.9. The zero-order valence-electron chi connectivity index (χ0n) is 11.5. The Labute approximate surface area is 133 Å². The molecule has 1 aliphatic rings. The number of carboxylic acid groups (broad SMARTS) is 1. The first-order valence-corrected chi connectivity index (χ1v) is 7.18. The summed E-state index contributed by atoms with van der Waals surface area (Å²) in [5, 5.41) is 17.9. The van der Waals surface area contributed by atoms with Crippen molar-refractivity contribution in [2.24, 2.45) is 10.2 Å². The van der Waals surface area contributed by atoms with E-state index in [0.717, 1.165) is 11.8 Å². The van der Waals surface area contributed by atoms with Crippen LogP contribution in [0.4, 0.5) is 8.78 Å². The SMILES string of the molecule is O=C(O)CC1S/C(=N\N=C\c2ccccc2OC(F)F)NC1=O. The highest BCUT2D eigenvalue weighted by Crippen LogP contribution is 2.22. The van der Waals surface area contributed by atoms with E-state index in [1.807, 2.05) is 0 Å². The van der Waals surface area contributed by atoms with Crippen molar-refractivity contribution in [2.75, 3.05) is 0 Å². The van der Waals surface area contributed by atoms with Gasteiger partial charge in [0.25, 0.3) is 0 Å². The van der Waals surface area contributed by atoms with Gasteiger partial charge in [-0.05, 0) is 12.1 Å². The van der Waals surface area contributed by atoms with Crippen LogP contribution in [0.5, 0.6) is 5.75 Å². The van der Waals surface area contributed by atoms with E-state index in [4.69, 9.17) is 5.11 Å². The summed E-state index contributed by atoms with van der Waals surface area (Å²) in [6.45, 7) is -2.96. The van der Waals surface area contributed by atoms with Crippen LogP contribution < -0.4 is 10.1 Å². The molecule has 0 aliphatic carbocycles. The van der Waals surface area contributed by atoms with Gasteiger partial charge in [0.1, 0.15) is 11.0 Å². The number of nitrogens with zero attached hydrogens (tertiary/aromatic N) is 2. The van der Waals surface area contributed by atoms with E-state index >= 15 is 0 Å². The number of nitrogens with one attached hydrogen (secondary N) is 1. The smallest absolute Gasteiger partial charge is 0.387 e. The van der Waals surface area contributed by atoms with Crippen molar-refractivity contribution < 1.29 is 28.2 Å². The Morgan fingerprint density at radius 1 is 1.48 bits per heavy atom. The van der Waals surface area contributed by atoms with Gasteiger partial charge in [-0.25, -0.2) is 0 Å². The highest BCUT2D eigenvalue weighted by atomic mass is 32.2. The first kappa shape index (κ1) is 16.9. The number of ether oxygens (including phenoxy) is 1. The molecular formula is C13H11F2N3O4S. The number of amidine groups is 1. The van der Waals surface area contributed by atoms with Gasteiger partial charge in [0, 0.05) is 5.56 Å². The number of benzene rings is 1. The van der Waals surface area contributed by atoms with E-state index in [-0.39, 0.29) is 22.9 Å². The number of thioether (sulfide) groups is 1. The van der Waals surface area contributed by atoms with E-state index in [1.54, 1.807) is 6.07 Å². The van der Waals surface area contributed by atoms with Gasteiger partial charge in [0.05, 0.1) is 12.6 Å². The van der Waals surface area contributed by atoms with Crippen LogP contribution in [0, 0.1) is 0 Å². The second-order valence-electron chi connectivity index (χ2n) is 4.26. The fourth-order valence-corrected chi connectivity index (χ4v) is 2.59. The number of amides is 1. The fraction of sp³-hybridized carbons (Fsp3) is 0.231. The Balaban J connectivity index is 2.04. The van der Waals surface area contributed by atoms with Crippen LogP contribution >= 0.6 is 11.8 Å². The third kappa shape index (κ3) is 5.02. The second kappa shape index (κ2) is 7.68. The van der Waals surface area contributed by atoms with Gasteiger partial charge in [-0.2, -0.15) is 13.9 Å². The lowest BCUT2D eigenvalue weighted by Gasteiger charge is -2.06. The Morgan fingerprint density at radius 2 is 2.22 bits per heavy atom. The predicted molar refractivity (Wildman–Crippen MR) is 79.9 cm³/mol. The number of hydrogen-bond donors (Lipinski definition) is 2. The van der Waals surface area contributed by atoms with Crippen LogP contribution in [0.25, 0.3) is 0 Å². The number of carboxylic acids is 1. The first-order chi connectivity index (χ1) is 11.0. The van der Waals surface area contributed by atoms with Crippen molar-refractivity contribution in [3.8, 4) is 5.75 Å². The summed E-state index contributed by atoms with van der Waals surface area (Å²) in [6.07, 6.45) is 0.867. The number of hydrogen-bond acceptors (Lipinski definition) is 6. The summed E-state index contributed by atoms with van der Waals surface area (Å²) >= 11 is 0.941. The van der Waals surface area contributed by atoms with Gasteiger partial charge in [-0.1, -0.05) is 23.9 Å². The average molecular weight is 343 g/mol. The largest absolute Gasteiger partial charge is 0.481 e. The number of halogens is 2. The van der Waals surface area contributed by atoms with Crippen molar-refractivity contribution in [2.45, 2.75) is 18.3 Å². The number of alkyl halides is 2. The maximum atomic E-state index is 12.3. The standard InChI is InChI=1S/C13H11F2N3O4S/c14-12(15)22-8-4-2-1-3-7(8)6-16-18-13-17-11(21)9(23-13)5-10(19)20/h1-4,6,9,12H,5H2,(H,19,20)(H,17,18,21)/b16-6+. The van der Waals surface area contributed by atoms with Crippen LogP contribution in [0.3, 0.4) is 0 Å². The minimum atomic E-state index is -2.96. The molecule has 0 aromatic heterocycles. The number of carbonyl (C=O) groups excluding carboxylic acids is 1. The third-order valence-electron chi connectivity index (χ3n) is 2.62. The molecule has 1 amide bonds. The average Bonchev–Trinajstić information content (AvgIpc) is 2.80. The van der Waals surface area contributed by atoms with Crippen molar-refractivity contribution in [1.29, 1.82) is 0 Å². The summed E-state index contributed by atoms with van der Waals surface area (Å²) in [6, 6.07) is 6.01. The molecule has 1 fully saturated rings. The van der Waals surface area contributed by atoms with Crippen molar-refractivity contribution in [1.82, 2.24) is 5.32 Å². The van der Waals surface area contributed by atoms with E-state index in [0.29, 0.717) is 0 Å². The van der Waals surface area contributed by atoms with Crippen LogP contribution in [0.1, 0.15) is 12.0 Å². The molecule has 7 nitrogen and oxygen atoms in total. The second-order valence-corrected chi connectivity index (χ2v) is 5.45. The lowest BCUT2D eigenvalue weighted by atomic mass is 10.2. The molecule has 2 N–H and O–H groups in total. The zero-order chi connectivity index (χ0) is 16.8. The van der Waals surface area contributed by atoms with Gasteiger partial charge >= 0.3 is 12.6 Å². The number of rotatable bonds is 6. The lowest BCUT2D eigenvalue weighted by Crippen LogP contribution is -2.26. The molecule has 10 heteroatoms. The van der Waals surface area contributed by atoms with Crippen LogP contribution in [0.15, 0.2) is 34.5 Å². The van der Waals surface area contributed by atoms with Gasteiger partial charge in [-0.3, -0.25) is 9.59 Å². The quantitative estimate of drug-likeness (QED) is 0.605. The molecule has 0 radical (unpaired) electrons. The minimum Gasteiger partial charge on any atom is -0.481 e. The molecule has 1 aromatic rings. The van der Waals surface area contributed by atoms with Gasteiger partial charge in [0.2, 0.25) is 5.91 Å². The molecule has 1 heterocycles.